The van der Waals surface area contributed by atoms with Crippen molar-refractivity contribution < 1.29 is 13.9 Å². The van der Waals surface area contributed by atoms with Crippen LogP contribution >= 0.6 is 0 Å². The smallest absolute Gasteiger partial charge is 0.173 e. The average Bonchev–Trinajstić information content (AvgIpc) is 3.01. The highest BCUT2D eigenvalue weighted by Gasteiger charge is 2.34. The topological polar surface area (TPSA) is 47.7 Å². The third-order valence-electron chi connectivity index (χ3n) is 4.86. The largest absolute Gasteiger partial charge is 0.496 e. The van der Waals surface area contributed by atoms with E-state index < -0.39 is 0 Å². The van der Waals surface area contributed by atoms with Gasteiger partial charge in [0.15, 0.2) is 11.6 Å². The number of likely N-dealkylation sites (tertiary alicyclic amines) is 1. The number of methoxy groups -OCH3 is 1. The van der Waals surface area contributed by atoms with Gasteiger partial charge in [-0.25, -0.2) is 4.39 Å². The van der Waals surface area contributed by atoms with Gasteiger partial charge in [-0.2, -0.15) is 0 Å². The van der Waals surface area contributed by atoms with Crippen LogP contribution in [0.3, 0.4) is 0 Å². The summed E-state index contributed by atoms with van der Waals surface area (Å²) in [6.45, 7) is 1.79. The number of nitrogens with zero attached hydrogens (tertiary/aromatic N) is 1. The Kier molecular flexibility index (Phi) is 5.56. The summed E-state index contributed by atoms with van der Waals surface area (Å²) in [6, 6.07) is 13.1. The van der Waals surface area contributed by atoms with Crippen molar-refractivity contribution in [1.29, 1.82) is 0 Å². The minimum atomic E-state index is -0.343. The van der Waals surface area contributed by atoms with Crippen molar-refractivity contribution >= 4 is 0 Å². The zero-order chi connectivity index (χ0) is 17.8. The van der Waals surface area contributed by atoms with Crippen molar-refractivity contribution in [2.45, 2.75) is 19.1 Å². The summed E-state index contributed by atoms with van der Waals surface area (Å²) >= 11 is 0. The second-order valence-electron chi connectivity index (χ2n) is 6.56. The van der Waals surface area contributed by atoms with E-state index in [1.54, 1.807) is 19.2 Å². The Morgan fingerprint density at radius 1 is 1.16 bits per heavy atom. The molecule has 0 aliphatic carbocycles. The highest BCUT2D eigenvalue weighted by atomic mass is 19.1. The monoisotopic (exact) mass is 344 g/mol. The molecule has 134 valence electrons. The Morgan fingerprint density at radius 3 is 2.52 bits per heavy atom. The summed E-state index contributed by atoms with van der Waals surface area (Å²) in [6.07, 6.45) is 0.822. The second kappa shape index (κ2) is 7.85. The zero-order valence-corrected chi connectivity index (χ0v) is 14.7. The minimum absolute atomic E-state index is 0.0521. The number of ether oxygens (including phenoxy) is 2. The molecule has 3 rings (SSSR count). The molecule has 0 bridgehead atoms. The van der Waals surface area contributed by atoms with E-state index in [0.717, 1.165) is 18.5 Å². The summed E-state index contributed by atoms with van der Waals surface area (Å²) in [5, 5.41) is 0. The molecule has 4 nitrogen and oxygen atoms in total. The lowest BCUT2D eigenvalue weighted by atomic mass is 9.98. The predicted octanol–water partition coefficient (Wildman–Crippen LogP) is 3.36. The molecule has 1 fully saturated rings. The highest BCUT2D eigenvalue weighted by molar-refractivity contribution is 5.44. The maximum Gasteiger partial charge on any atom is 0.173 e. The van der Waals surface area contributed by atoms with Crippen molar-refractivity contribution in [3.8, 4) is 11.5 Å². The number of hydrogen-bond acceptors (Lipinski definition) is 4. The van der Waals surface area contributed by atoms with Crippen LogP contribution in [0.15, 0.2) is 42.5 Å². The maximum absolute atomic E-state index is 15.2. The summed E-state index contributed by atoms with van der Waals surface area (Å²) in [4.78, 5) is 2.14. The Hall–Kier alpha value is -2.11. The van der Waals surface area contributed by atoms with Crippen LogP contribution in [0.1, 0.15) is 23.6 Å². The van der Waals surface area contributed by atoms with Crippen LogP contribution in [-0.4, -0.2) is 32.1 Å². The lowest BCUT2D eigenvalue weighted by Gasteiger charge is -2.23. The van der Waals surface area contributed by atoms with Gasteiger partial charge < -0.3 is 15.2 Å². The molecule has 0 saturated carbocycles. The Morgan fingerprint density at radius 2 is 1.88 bits per heavy atom. The first-order valence-corrected chi connectivity index (χ1v) is 8.57. The van der Waals surface area contributed by atoms with E-state index >= 15 is 4.39 Å². The van der Waals surface area contributed by atoms with Crippen LogP contribution < -0.4 is 15.2 Å². The SMILES string of the molecule is COc1ccc(OCc2ccccc2)c(F)c1C1CC(CN)CN1C. The van der Waals surface area contributed by atoms with E-state index in [2.05, 4.69) is 4.90 Å². The molecule has 2 aromatic carbocycles. The standard InChI is InChI=1S/C20H25FN2O2/c1-23-12-15(11-22)10-16(23)19-17(24-2)8-9-18(20(19)21)25-13-14-6-4-3-5-7-14/h3-9,15-16H,10-13,22H2,1-2H3. The maximum atomic E-state index is 15.2. The molecule has 1 saturated heterocycles. The number of hydrogen-bond donors (Lipinski definition) is 1. The molecule has 2 unspecified atom stereocenters. The van der Waals surface area contributed by atoms with Crippen molar-refractivity contribution in [2.75, 3.05) is 27.2 Å². The van der Waals surface area contributed by atoms with Gasteiger partial charge >= 0.3 is 0 Å². The lowest BCUT2D eigenvalue weighted by Crippen LogP contribution is -2.21. The van der Waals surface area contributed by atoms with Gasteiger partial charge in [-0.05, 0) is 43.6 Å². The molecule has 5 heteroatoms. The van der Waals surface area contributed by atoms with Crippen LogP contribution in [-0.2, 0) is 6.61 Å². The van der Waals surface area contributed by atoms with E-state index in [9.17, 15) is 0 Å². The first-order chi connectivity index (χ1) is 12.1. The van der Waals surface area contributed by atoms with Gasteiger partial charge in [-0.1, -0.05) is 30.3 Å². The molecule has 1 aliphatic heterocycles. The van der Waals surface area contributed by atoms with Crippen molar-refractivity contribution in [3.63, 3.8) is 0 Å². The molecule has 0 aromatic heterocycles. The van der Waals surface area contributed by atoms with Gasteiger partial charge in [-0.3, -0.25) is 4.90 Å². The third kappa shape index (κ3) is 3.78. The van der Waals surface area contributed by atoms with Crippen LogP contribution in [0.5, 0.6) is 11.5 Å². The van der Waals surface area contributed by atoms with Crippen molar-refractivity contribution in [1.82, 2.24) is 4.90 Å². The molecule has 0 spiro atoms. The van der Waals surface area contributed by atoms with Crippen molar-refractivity contribution in [2.24, 2.45) is 11.7 Å². The number of halogens is 1. The van der Waals surface area contributed by atoms with Crippen LogP contribution in [0.25, 0.3) is 0 Å². The normalized spacial score (nSPS) is 20.6. The average molecular weight is 344 g/mol. The molecule has 2 aromatic rings. The van der Waals surface area contributed by atoms with Gasteiger partial charge in [0.1, 0.15) is 12.4 Å². The molecule has 2 N–H and O–H groups in total. The second-order valence-corrected chi connectivity index (χ2v) is 6.56. The van der Waals surface area contributed by atoms with E-state index in [1.807, 2.05) is 37.4 Å². The summed E-state index contributed by atoms with van der Waals surface area (Å²) in [5.41, 5.74) is 7.37. The van der Waals surface area contributed by atoms with Gasteiger partial charge in [0.05, 0.1) is 12.7 Å². The van der Waals surface area contributed by atoms with Crippen LogP contribution in [0, 0.1) is 11.7 Å². The van der Waals surface area contributed by atoms with Gasteiger partial charge in [0, 0.05) is 12.6 Å². The molecule has 2 atom stereocenters. The van der Waals surface area contributed by atoms with Gasteiger partial charge in [0.25, 0.3) is 0 Å². The summed E-state index contributed by atoms with van der Waals surface area (Å²) < 4.78 is 26.4. The first kappa shape index (κ1) is 17.7. The predicted molar refractivity (Wildman–Crippen MR) is 96.3 cm³/mol. The highest BCUT2D eigenvalue weighted by Crippen LogP contribution is 2.42. The molecule has 1 heterocycles. The summed E-state index contributed by atoms with van der Waals surface area (Å²) in [7, 11) is 3.56. The first-order valence-electron chi connectivity index (χ1n) is 8.57. The van der Waals surface area contributed by atoms with Gasteiger partial charge in [-0.15, -0.1) is 0 Å². The van der Waals surface area contributed by atoms with Crippen molar-refractivity contribution in [3.05, 3.63) is 59.4 Å². The quantitative estimate of drug-likeness (QED) is 0.873. The fourth-order valence-electron chi connectivity index (χ4n) is 3.50. The fraction of sp³-hybridized carbons (Fsp3) is 0.400. The number of rotatable bonds is 6. The molecule has 0 amide bonds. The molecular weight excluding hydrogens is 319 g/mol. The zero-order valence-electron chi connectivity index (χ0n) is 14.7. The van der Waals surface area contributed by atoms with Gasteiger partial charge in [0.2, 0.25) is 0 Å². The minimum Gasteiger partial charge on any atom is -0.496 e. The number of benzene rings is 2. The van der Waals surface area contributed by atoms with E-state index in [1.165, 1.54) is 0 Å². The fourth-order valence-corrected chi connectivity index (χ4v) is 3.50. The van der Waals surface area contributed by atoms with Crippen LogP contribution in [0.2, 0.25) is 0 Å². The molecule has 0 radical (unpaired) electrons. The van der Waals surface area contributed by atoms with Crippen LogP contribution in [0.4, 0.5) is 4.39 Å². The third-order valence-corrected chi connectivity index (χ3v) is 4.86. The summed E-state index contributed by atoms with van der Waals surface area (Å²) in [5.74, 6) is 0.834. The van der Waals surface area contributed by atoms with E-state index in [-0.39, 0.29) is 17.6 Å². The Labute approximate surface area is 148 Å². The Balaban J connectivity index is 1.86. The molecular formula is C20H25FN2O2. The molecule has 25 heavy (non-hydrogen) atoms. The van der Waals surface area contributed by atoms with E-state index in [4.69, 9.17) is 15.2 Å². The lowest BCUT2D eigenvalue weighted by molar-refractivity contribution is 0.270. The number of nitrogens with two attached hydrogens (primary N) is 1. The Bertz CT molecular complexity index is 708. The van der Waals surface area contributed by atoms with E-state index in [0.29, 0.717) is 30.4 Å². The molecule has 1 aliphatic rings.